The predicted molar refractivity (Wildman–Crippen MR) is 103 cm³/mol. The lowest BCUT2D eigenvalue weighted by molar-refractivity contribution is 0.222. The fraction of sp³-hybridized carbons (Fsp3) is 0.263. The maximum atomic E-state index is 13.0. The molecule has 0 bridgehead atoms. The molecular formula is C19H21N5O2S. The van der Waals surface area contributed by atoms with Crippen molar-refractivity contribution in [2.45, 2.75) is 4.90 Å². The van der Waals surface area contributed by atoms with E-state index < -0.39 is 10.0 Å². The number of sulfonamides is 1. The summed E-state index contributed by atoms with van der Waals surface area (Å²) in [4.78, 5) is 6.72. The van der Waals surface area contributed by atoms with Gasteiger partial charge in [0.05, 0.1) is 11.1 Å². The molecule has 1 aromatic carbocycles. The van der Waals surface area contributed by atoms with Crippen LogP contribution in [-0.2, 0) is 10.0 Å². The molecule has 0 unspecified atom stereocenters. The van der Waals surface area contributed by atoms with Crippen LogP contribution >= 0.6 is 0 Å². The third-order valence-corrected chi connectivity index (χ3v) is 6.63. The summed E-state index contributed by atoms with van der Waals surface area (Å²) in [6.45, 7) is 2.52. The third kappa shape index (κ3) is 3.64. The second-order valence-corrected chi connectivity index (χ2v) is 8.53. The lowest BCUT2D eigenvalue weighted by Crippen LogP contribution is -2.47. The van der Waals surface area contributed by atoms with E-state index in [1.54, 1.807) is 39.6 Å². The van der Waals surface area contributed by atoms with Gasteiger partial charge in [-0.15, -0.1) is 0 Å². The highest BCUT2D eigenvalue weighted by Gasteiger charge is 2.27. The van der Waals surface area contributed by atoms with Gasteiger partial charge < -0.3 is 4.90 Å². The number of nitrogens with zero attached hydrogens (tertiary/aromatic N) is 5. The van der Waals surface area contributed by atoms with Gasteiger partial charge in [0.15, 0.2) is 5.82 Å². The average Bonchev–Trinajstić information content (AvgIpc) is 3.19. The normalized spacial score (nSPS) is 16.5. The SMILES string of the molecule is CN1CCN(S(=O)(=O)c2cccc(-c3cnn(-c4ccccn4)c3)c2)CC1. The number of likely N-dealkylation sites (N-methyl/N-ethyl adjacent to an activating group) is 1. The Morgan fingerprint density at radius 3 is 2.52 bits per heavy atom. The Morgan fingerprint density at radius 2 is 1.78 bits per heavy atom. The summed E-state index contributed by atoms with van der Waals surface area (Å²) < 4.78 is 29.2. The number of hydrogen-bond donors (Lipinski definition) is 0. The van der Waals surface area contributed by atoms with E-state index in [4.69, 9.17) is 0 Å². The molecule has 0 atom stereocenters. The average molecular weight is 383 g/mol. The quantitative estimate of drug-likeness (QED) is 0.688. The second-order valence-electron chi connectivity index (χ2n) is 6.60. The summed E-state index contributed by atoms with van der Waals surface area (Å²) in [5.74, 6) is 0.713. The fourth-order valence-corrected chi connectivity index (χ4v) is 4.57. The first kappa shape index (κ1) is 17.8. The smallest absolute Gasteiger partial charge is 0.243 e. The minimum atomic E-state index is -3.49. The summed E-state index contributed by atoms with van der Waals surface area (Å²) >= 11 is 0. The van der Waals surface area contributed by atoms with Gasteiger partial charge in [-0.3, -0.25) is 0 Å². The molecule has 8 heteroatoms. The van der Waals surface area contributed by atoms with Crippen molar-refractivity contribution in [1.82, 2.24) is 24.0 Å². The maximum absolute atomic E-state index is 13.0. The molecular weight excluding hydrogens is 362 g/mol. The van der Waals surface area contributed by atoms with E-state index in [-0.39, 0.29) is 0 Å². The van der Waals surface area contributed by atoms with Crippen LogP contribution in [0.1, 0.15) is 0 Å². The maximum Gasteiger partial charge on any atom is 0.243 e. The van der Waals surface area contributed by atoms with Crippen molar-refractivity contribution in [3.63, 3.8) is 0 Å². The molecule has 2 aromatic heterocycles. The Kier molecular flexibility index (Phi) is 4.77. The van der Waals surface area contributed by atoms with Crippen LogP contribution in [0.3, 0.4) is 0 Å². The Morgan fingerprint density at radius 1 is 0.963 bits per heavy atom. The fourth-order valence-electron chi connectivity index (χ4n) is 3.10. The molecule has 0 N–H and O–H groups in total. The van der Waals surface area contributed by atoms with Gasteiger partial charge in [-0.25, -0.2) is 18.1 Å². The Balaban J connectivity index is 1.62. The van der Waals surface area contributed by atoms with Crippen molar-refractivity contribution in [2.24, 2.45) is 0 Å². The van der Waals surface area contributed by atoms with Gasteiger partial charge in [0.2, 0.25) is 10.0 Å². The monoisotopic (exact) mass is 383 g/mol. The summed E-state index contributed by atoms with van der Waals surface area (Å²) in [6.07, 6.45) is 5.28. The molecule has 3 aromatic rings. The van der Waals surface area contributed by atoms with Crippen molar-refractivity contribution in [3.8, 4) is 16.9 Å². The van der Waals surface area contributed by atoms with Gasteiger partial charge in [-0.2, -0.15) is 9.40 Å². The Labute approximate surface area is 158 Å². The highest BCUT2D eigenvalue weighted by molar-refractivity contribution is 7.89. The lowest BCUT2D eigenvalue weighted by Gasteiger charge is -2.31. The van der Waals surface area contributed by atoms with Gasteiger partial charge in [0, 0.05) is 44.1 Å². The third-order valence-electron chi connectivity index (χ3n) is 4.73. The van der Waals surface area contributed by atoms with Crippen LogP contribution in [0.2, 0.25) is 0 Å². The van der Waals surface area contributed by atoms with Crippen LogP contribution in [0.15, 0.2) is 66.0 Å². The molecule has 27 heavy (non-hydrogen) atoms. The van der Waals surface area contributed by atoms with Crippen molar-refractivity contribution in [1.29, 1.82) is 0 Å². The molecule has 1 fully saturated rings. The minimum Gasteiger partial charge on any atom is -0.304 e. The summed E-state index contributed by atoms with van der Waals surface area (Å²) in [5.41, 5.74) is 1.66. The predicted octanol–water partition coefficient (Wildman–Crippen LogP) is 1.87. The minimum absolute atomic E-state index is 0.315. The molecule has 140 valence electrons. The van der Waals surface area contributed by atoms with E-state index in [1.165, 1.54) is 0 Å². The standard InChI is InChI=1S/C19H21N5O2S/c1-22-9-11-23(12-10-22)27(25,26)18-6-4-5-16(13-18)17-14-21-24(15-17)19-7-2-3-8-20-19/h2-8,13-15H,9-12H2,1H3. The largest absolute Gasteiger partial charge is 0.304 e. The van der Waals surface area contributed by atoms with Gasteiger partial charge in [-0.1, -0.05) is 18.2 Å². The first-order valence-corrected chi connectivity index (χ1v) is 10.2. The van der Waals surface area contributed by atoms with E-state index in [2.05, 4.69) is 15.0 Å². The molecule has 1 saturated heterocycles. The number of aromatic nitrogens is 3. The van der Waals surface area contributed by atoms with Crippen LogP contribution < -0.4 is 0 Å². The molecule has 0 amide bonds. The van der Waals surface area contributed by atoms with Crippen LogP contribution in [-0.4, -0.2) is 65.6 Å². The van der Waals surface area contributed by atoms with Crippen LogP contribution in [0, 0.1) is 0 Å². The van der Waals surface area contributed by atoms with Gasteiger partial charge >= 0.3 is 0 Å². The Hall–Kier alpha value is -2.55. The highest BCUT2D eigenvalue weighted by atomic mass is 32.2. The van der Waals surface area contributed by atoms with Crippen LogP contribution in [0.5, 0.6) is 0 Å². The zero-order valence-corrected chi connectivity index (χ0v) is 15.9. The van der Waals surface area contributed by atoms with Gasteiger partial charge in [-0.05, 0) is 36.9 Å². The van der Waals surface area contributed by atoms with Crippen molar-refractivity contribution in [3.05, 3.63) is 61.1 Å². The summed E-state index contributed by atoms with van der Waals surface area (Å²) in [6, 6.07) is 12.6. The molecule has 0 radical (unpaired) electrons. The highest BCUT2D eigenvalue weighted by Crippen LogP contribution is 2.25. The molecule has 0 saturated carbocycles. The van der Waals surface area contributed by atoms with E-state index >= 15 is 0 Å². The first-order valence-electron chi connectivity index (χ1n) is 8.79. The Bertz CT molecular complexity index is 1030. The summed E-state index contributed by atoms with van der Waals surface area (Å²) in [5, 5.41) is 4.34. The van der Waals surface area contributed by atoms with E-state index in [0.29, 0.717) is 23.8 Å². The number of benzene rings is 1. The van der Waals surface area contributed by atoms with Gasteiger partial charge in [0.25, 0.3) is 0 Å². The van der Waals surface area contributed by atoms with Crippen LogP contribution in [0.4, 0.5) is 0 Å². The number of piperazine rings is 1. The summed E-state index contributed by atoms with van der Waals surface area (Å²) in [7, 11) is -1.49. The molecule has 3 heterocycles. The van der Waals surface area contributed by atoms with Crippen LogP contribution in [0.25, 0.3) is 16.9 Å². The molecule has 0 spiro atoms. The number of hydrogen-bond acceptors (Lipinski definition) is 5. The van der Waals surface area contributed by atoms with Crippen molar-refractivity contribution < 1.29 is 8.42 Å². The number of pyridine rings is 1. The molecule has 0 aliphatic carbocycles. The van der Waals surface area contributed by atoms with E-state index in [9.17, 15) is 8.42 Å². The second kappa shape index (κ2) is 7.22. The molecule has 1 aliphatic rings. The molecule has 4 rings (SSSR count). The molecule has 1 aliphatic heterocycles. The van der Waals surface area contributed by atoms with Crippen molar-refractivity contribution in [2.75, 3.05) is 33.2 Å². The zero-order chi connectivity index (χ0) is 18.9. The first-order chi connectivity index (χ1) is 13.0. The molecule has 7 nitrogen and oxygen atoms in total. The topological polar surface area (TPSA) is 71.3 Å². The van der Waals surface area contributed by atoms with Crippen molar-refractivity contribution >= 4 is 10.0 Å². The number of rotatable bonds is 4. The van der Waals surface area contributed by atoms with E-state index in [0.717, 1.165) is 24.2 Å². The van der Waals surface area contributed by atoms with Gasteiger partial charge in [0.1, 0.15) is 0 Å². The lowest BCUT2D eigenvalue weighted by atomic mass is 10.1. The zero-order valence-electron chi connectivity index (χ0n) is 15.1. The van der Waals surface area contributed by atoms with E-state index in [1.807, 2.05) is 37.5 Å².